The highest BCUT2D eigenvalue weighted by atomic mass is 16.6. The first-order chi connectivity index (χ1) is 37.5. The molecule has 0 rings (SSSR count). The molecule has 0 fully saturated rings. The molecule has 0 heterocycles. The molecule has 0 aromatic rings. The first-order valence-electron chi connectivity index (χ1n) is 32.9. The molecule has 76 heavy (non-hydrogen) atoms. The van der Waals surface area contributed by atoms with Crippen LogP contribution in [0.4, 0.5) is 0 Å². The van der Waals surface area contributed by atoms with Crippen LogP contribution in [-0.4, -0.2) is 37.2 Å². The average Bonchev–Trinajstić information content (AvgIpc) is 3.42. The standard InChI is InChI=1S/C70H124O6/c1-4-7-10-13-16-19-22-25-28-30-31-32-33-34-35-36-37-38-39-41-42-45-48-51-54-57-60-63-69(72)75-66-67(65-74-68(71)62-59-56-53-50-47-44-27-24-21-18-15-12-9-6-3)76-70(73)64-61-58-55-52-49-46-43-40-29-26-23-20-17-14-11-8-5-2/h15,17-18,20,22,24-27,29-31,67H,4-14,16,19,21,23,28,32-66H2,1-3H3/b18-15-,20-17-,25-22-,27-24-,29-26-,31-30-. The zero-order chi connectivity index (χ0) is 55.0. The monoisotopic (exact) mass is 1060 g/mol. The van der Waals surface area contributed by atoms with Gasteiger partial charge in [0, 0.05) is 19.3 Å². The molecule has 0 amide bonds. The third-order valence-corrected chi connectivity index (χ3v) is 14.4. The van der Waals surface area contributed by atoms with Gasteiger partial charge in [0.25, 0.3) is 0 Å². The van der Waals surface area contributed by atoms with E-state index in [2.05, 4.69) is 93.7 Å². The van der Waals surface area contributed by atoms with Crippen LogP contribution in [0.1, 0.15) is 335 Å². The Morgan fingerprint density at radius 1 is 0.263 bits per heavy atom. The Bertz CT molecular complexity index is 1400. The highest BCUT2D eigenvalue weighted by Crippen LogP contribution is 2.17. The second-order valence-electron chi connectivity index (χ2n) is 22.0. The van der Waals surface area contributed by atoms with Crippen LogP contribution in [0.3, 0.4) is 0 Å². The Morgan fingerprint density at radius 3 is 0.789 bits per heavy atom. The summed E-state index contributed by atoms with van der Waals surface area (Å²) in [6.45, 7) is 6.58. The summed E-state index contributed by atoms with van der Waals surface area (Å²) < 4.78 is 16.9. The van der Waals surface area contributed by atoms with Gasteiger partial charge in [-0.3, -0.25) is 14.4 Å². The largest absolute Gasteiger partial charge is 0.462 e. The number of carbonyl (C=O) groups is 3. The van der Waals surface area contributed by atoms with Crippen molar-refractivity contribution in [1.29, 1.82) is 0 Å². The molecule has 6 heteroatoms. The van der Waals surface area contributed by atoms with Crippen LogP contribution >= 0.6 is 0 Å². The van der Waals surface area contributed by atoms with Crippen molar-refractivity contribution in [2.24, 2.45) is 0 Å². The summed E-state index contributed by atoms with van der Waals surface area (Å²) in [7, 11) is 0. The van der Waals surface area contributed by atoms with E-state index >= 15 is 0 Å². The number of rotatable bonds is 60. The third kappa shape index (κ3) is 61.7. The molecule has 0 bridgehead atoms. The van der Waals surface area contributed by atoms with E-state index < -0.39 is 6.10 Å². The van der Waals surface area contributed by atoms with Gasteiger partial charge in [-0.2, -0.15) is 0 Å². The van der Waals surface area contributed by atoms with Crippen molar-refractivity contribution in [3.8, 4) is 0 Å². The molecule has 0 saturated carbocycles. The van der Waals surface area contributed by atoms with Crippen LogP contribution in [0.15, 0.2) is 72.9 Å². The van der Waals surface area contributed by atoms with Crippen molar-refractivity contribution in [3.63, 3.8) is 0 Å². The molecule has 1 atom stereocenters. The highest BCUT2D eigenvalue weighted by molar-refractivity contribution is 5.71. The Hall–Kier alpha value is -3.15. The van der Waals surface area contributed by atoms with Gasteiger partial charge in [-0.25, -0.2) is 0 Å². The van der Waals surface area contributed by atoms with Crippen molar-refractivity contribution in [3.05, 3.63) is 72.9 Å². The topological polar surface area (TPSA) is 78.9 Å². The quantitative estimate of drug-likeness (QED) is 0.0261. The molecular weight excluding hydrogens is 937 g/mol. The van der Waals surface area contributed by atoms with Crippen LogP contribution in [0.5, 0.6) is 0 Å². The predicted molar refractivity (Wildman–Crippen MR) is 330 cm³/mol. The minimum absolute atomic E-state index is 0.0813. The molecule has 0 aromatic carbocycles. The number of allylic oxidation sites excluding steroid dienone is 12. The summed E-state index contributed by atoms with van der Waals surface area (Å²) in [5.74, 6) is -0.889. The van der Waals surface area contributed by atoms with E-state index in [0.29, 0.717) is 19.3 Å². The van der Waals surface area contributed by atoms with E-state index in [4.69, 9.17) is 14.2 Å². The molecule has 0 radical (unpaired) electrons. The summed E-state index contributed by atoms with van der Waals surface area (Å²) >= 11 is 0. The van der Waals surface area contributed by atoms with Gasteiger partial charge in [0.1, 0.15) is 13.2 Å². The molecule has 440 valence electrons. The molecule has 0 saturated heterocycles. The van der Waals surface area contributed by atoms with Crippen molar-refractivity contribution >= 4 is 17.9 Å². The van der Waals surface area contributed by atoms with Crippen LogP contribution in [0.2, 0.25) is 0 Å². The fourth-order valence-electron chi connectivity index (χ4n) is 9.40. The molecule has 0 aliphatic carbocycles. The van der Waals surface area contributed by atoms with E-state index in [0.717, 1.165) is 96.3 Å². The number of carbonyl (C=O) groups excluding carboxylic acids is 3. The van der Waals surface area contributed by atoms with Gasteiger partial charge in [0.05, 0.1) is 0 Å². The number of esters is 3. The summed E-state index contributed by atoms with van der Waals surface area (Å²) in [5, 5.41) is 0. The predicted octanol–water partition coefficient (Wildman–Crippen LogP) is 22.5. The minimum Gasteiger partial charge on any atom is -0.462 e. The smallest absolute Gasteiger partial charge is 0.306 e. The summed E-state index contributed by atoms with van der Waals surface area (Å²) in [5.41, 5.74) is 0. The second-order valence-corrected chi connectivity index (χ2v) is 22.0. The van der Waals surface area contributed by atoms with E-state index in [-0.39, 0.29) is 31.1 Å². The Balaban J connectivity index is 4.27. The lowest BCUT2D eigenvalue weighted by molar-refractivity contribution is -0.167. The van der Waals surface area contributed by atoms with E-state index in [1.807, 2.05) is 0 Å². The fourth-order valence-corrected chi connectivity index (χ4v) is 9.40. The zero-order valence-corrected chi connectivity index (χ0v) is 50.5. The molecule has 0 aliphatic heterocycles. The molecule has 1 unspecified atom stereocenters. The third-order valence-electron chi connectivity index (χ3n) is 14.4. The molecular formula is C70H124O6. The SMILES string of the molecule is CCCC/C=C\C/C=C\CCCCCCCC(=O)OCC(COC(=O)CCCCCCCCCCCCCCCCC/C=C\C/C=C\CCCCCCC)OC(=O)CCCCCCCCC/C=C\C/C=C\CCCCC. The van der Waals surface area contributed by atoms with E-state index in [1.54, 1.807) is 0 Å². The highest BCUT2D eigenvalue weighted by Gasteiger charge is 2.19. The Labute approximate surface area is 472 Å². The number of hydrogen-bond donors (Lipinski definition) is 0. The van der Waals surface area contributed by atoms with Crippen LogP contribution in [-0.2, 0) is 28.6 Å². The van der Waals surface area contributed by atoms with E-state index in [9.17, 15) is 14.4 Å². The maximum Gasteiger partial charge on any atom is 0.306 e. The van der Waals surface area contributed by atoms with Gasteiger partial charge in [-0.05, 0) is 109 Å². The zero-order valence-electron chi connectivity index (χ0n) is 50.5. The van der Waals surface area contributed by atoms with Crippen LogP contribution in [0.25, 0.3) is 0 Å². The average molecular weight is 1060 g/mol. The van der Waals surface area contributed by atoms with Crippen molar-refractivity contribution < 1.29 is 28.6 Å². The van der Waals surface area contributed by atoms with Gasteiger partial charge in [-0.1, -0.05) is 280 Å². The van der Waals surface area contributed by atoms with Gasteiger partial charge in [0.2, 0.25) is 0 Å². The van der Waals surface area contributed by atoms with Gasteiger partial charge >= 0.3 is 17.9 Å². The number of ether oxygens (including phenoxy) is 3. The lowest BCUT2D eigenvalue weighted by Gasteiger charge is -2.18. The first-order valence-corrected chi connectivity index (χ1v) is 32.9. The molecule has 0 N–H and O–H groups in total. The maximum absolute atomic E-state index is 12.9. The lowest BCUT2D eigenvalue weighted by Crippen LogP contribution is -2.30. The normalized spacial score (nSPS) is 12.5. The summed E-state index contributed by atoms with van der Waals surface area (Å²) in [6.07, 6.45) is 83.4. The summed E-state index contributed by atoms with van der Waals surface area (Å²) in [4.78, 5) is 38.3. The van der Waals surface area contributed by atoms with Crippen molar-refractivity contribution in [1.82, 2.24) is 0 Å². The van der Waals surface area contributed by atoms with Crippen LogP contribution < -0.4 is 0 Å². The van der Waals surface area contributed by atoms with Crippen molar-refractivity contribution in [2.45, 2.75) is 341 Å². The van der Waals surface area contributed by atoms with Crippen LogP contribution in [0, 0.1) is 0 Å². The number of unbranched alkanes of at least 4 members (excludes halogenated alkanes) is 37. The van der Waals surface area contributed by atoms with Gasteiger partial charge in [0.15, 0.2) is 6.10 Å². The first kappa shape index (κ1) is 72.8. The van der Waals surface area contributed by atoms with Gasteiger partial charge in [-0.15, -0.1) is 0 Å². The maximum atomic E-state index is 12.9. The molecule has 0 spiro atoms. The second kappa shape index (κ2) is 64.4. The van der Waals surface area contributed by atoms with Crippen molar-refractivity contribution in [2.75, 3.05) is 13.2 Å². The summed E-state index contributed by atoms with van der Waals surface area (Å²) in [6, 6.07) is 0. The Kier molecular flexibility index (Phi) is 61.7. The van der Waals surface area contributed by atoms with E-state index in [1.165, 1.54) is 199 Å². The molecule has 0 aromatic heterocycles. The Morgan fingerprint density at radius 2 is 0.487 bits per heavy atom. The fraction of sp³-hybridized carbons (Fsp3) is 0.786. The minimum atomic E-state index is -0.786. The number of hydrogen-bond acceptors (Lipinski definition) is 6. The van der Waals surface area contributed by atoms with Gasteiger partial charge < -0.3 is 14.2 Å². The lowest BCUT2D eigenvalue weighted by atomic mass is 10.0. The molecule has 0 aliphatic rings. The molecule has 6 nitrogen and oxygen atoms in total.